The predicted molar refractivity (Wildman–Crippen MR) is 323 cm³/mol. The van der Waals surface area contributed by atoms with Gasteiger partial charge in [-0.2, -0.15) is 0 Å². The van der Waals surface area contributed by atoms with Crippen LogP contribution in [0.1, 0.15) is 16.7 Å². The van der Waals surface area contributed by atoms with Gasteiger partial charge >= 0.3 is 6.85 Å². The lowest BCUT2D eigenvalue weighted by Gasteiger charge is -2.41. The Morgan fingerprint density at radius 2 is 1.16 bits per heavy atom. The number of anilines is 3. The van der Waals surface area contributed by atoms with Gasteiger partial charge in [0.15, 0.2) is 0 Å². The van der Waals surface area contributed by atoms with Crippen molar-refractivity contribution in [2.24, 2.45) is 0 Å². The number of para-hydroxylation sites is 1. The maximum absolute atomic E-state index is 7.11. The first kappa shape index (κ1) is 42.0. The molecule has 0 aliphatic carbocycles. The van der Waals surface area contributed by atoms with Crippen LogP contribution in [0.2, 0.25) is 0 Å². The van der Waals surface area contributed by atoms with E-state index in [4.69, 9.17) is 4.42 Å². The average Bonchev–Trinajstić information content (AvgIpc) is 4.11. The highest BCUT2D eigenvalue weighted by Crippen LogP contribution is 2.53. The van der Waals surface area contributed by atoms with Crippen LogP contribution >= 0.6 is 16.4 Å². The summed E-state index contributed by atoms with van der Waals surface area (Å²) in [4.78, 5) is 2.58. The lowest BCUT2D eigenvalue weighted by Crippen LogP contribution is -2.56. The van der Waals surface area contributed by atoms with Crippen molar-refractivity contribution in [1.29, 1.82) is 0 Å². The Morgan fingerprint density at radius 1 is 0.486 bits per heavy atom. The topological polar surface area (TPSA) is 21.3 Å². The van der Waals surface area contributed by atoms with Gasteiger partial charge in [0.1, 0.15) is 11.2 Å². The van der Waals surface area contributed by atoms with Crippen LogP contribution in [0.5, 0.6) is 0 Å². The minimum Gasteiger partial charge on any atom is -0.456 e. The van der Waals surface area contributed by atoms with Crippen LogP contribution in [0.25, 0.3) is 109 Å². The fourth-order valence-corrected chi connectivity index (χ4v) is 14.3. The van der Waals surface area contributed by atoms with Crippen LogP contribution in [0.3, 0.4) is 0 Å². The highest BCUT2D eigenvalue weighted by Gasteiger charge is 2.45. The minimum absolute atomic E-state index is 0.211. The van der Waals surface area contributed by atoms with Crippen molar-refractivity contribution >= 4 is 156 Å². The van der Waals surface area contributed by atoms with Crippen LogP contribution < -0.4 is 21.1 Å². The molecule has 12 aromatic carbocycles. The summed E-state index contributed by atoms with van der Waals surface area (Å²) in [5, 5.41) is 16.2. The molecular formula is C68H43BN2OP2. The molecule has 0 N–H and O–H groups in total. The summed E-state index contributed by atoms with van der Waals surface area (Å²) in [6.45, 7) is -0.211. The smallest absolute Gasteiger partial charge is 0.333 e. The highest BCUT2D eigenvalue weighted by molar-refractivity contribution is 7.45. The lowest BCUT2D eigenvalue weighted by atomic mass is 9.44. The number of hydrogen-bond donors (Lipinski definition) is 0. The molecule has 2 aliphatic heterocycles. The summed E-state index contributed by atoms with van der Waals surface area (Å²) in [5.74, 6) is 0. The number of furan rings is 1. The lowest BCUT2D eigenvalue weighted by molar-refractivity contribution is 0.669. The number of fused-ring (bicyclic) bond motifs is 17. The molecule has 0 spiro atoms. The summed E-state index contributed by atoms with van der Waals surface area (Å²) in [6, 6.07) is 79.4. The van der Waals surface area contributed by atoms with E-state index in [1.54, 1.807) is 0 Å². The van der Waals surface area contributed by atoms with Gasteiger partial charge in [-0.25, -0.2) is 0 Å². The van der Waals surface area contributed by atoms with Gasteiger partial charge in [0.05, 0.1) is 0 Å². The third kappa shape index (κ3) is 5.87. The SMILES string of the molecule is C=PCc1c2ccccc2c(Cc2ccccc2)c2cc3c(cc12)N(c1cc(P=C)cc(-c2ccccc2)c1)c1cc2oc4ccccc4c2c2c1B3n1c3ccc4ccccc4c3c3c4ccccc4cc-2c31. The van der Waals surface area contributed by atoms with E-state index in [2.05, 4.69) is 234 Å². The van der Waals surface area contributed by atoms with Crippen LogP contribution in [-0.2, 0) is 12.6 Å². The zero-order valence-corrected chi connectivity index (χ0v) is 42.1. The van der Waals surface area contributed by atoms with Gasteiger partial charge in [0.2, 0.25) is 0 Å². The van der Waals surface area contributed by atoms with Crippen molar-refractivity contribution in [3.63, 3.8) is 0 Å². The van der Waals surface area contributed by atoms with E-state index >= 15 is 0 Å². The molecule has 0 bridgehead atoms. The Bertz CT molecular complexity index is 4790. The number of rotatable bonds is 7. The first-order valence-corrected chi connectivity index (χ1v) is 27.8. The molecule has 344 valence electrons. The molecule has 14 aromatic rings. The van der Waals surface area contributed by atoms with Crippen molar-refractivity contribution < 1.29 is 4.42 Å². The van der Waals surface area contributed by atoms with Gasteiger partial charge in [-0.1, -0.05) is 185 Å². The van der Waals surface area contributed by atoms with Gasteiger partial charge in [-0.05, 0) is 136 Å². The number of aromatic nitrogens is 1. The summed E-state index contributed by atoms with van der Waals surface area (Å²) in [7, 11) is 2.02. The summed E-state index contributed by atoms with van der Waals surface area (Å²) in [5.41, 5.74) is 19.0. The van der Waals surface area contributed by atoms with Crippen LogP contribution in [0.15, 0.2) is 217 Å². The fraction of sp³-hybridized carbons (Fsp3) is 0.0294. The quantitative estimate of drug-likeness (QED) is 0.0902. The predicted octanol–water partition coefficient (Wildman–Crippen LogP) is 16.9. The standard InChI is InChI=1S/C68H43BN2OP2/c1-73-39-56-50-26-14-13-25-49(50)52(31-40-17-5-3-6-18-40)53-36-57-59(37-54(53)56)70(45-32-44(33-46(35-45)74-2)41-19-7-4-8-20-41)60-38-62-64(51-27-15-16-28-61(51)72-62)65-55-34-43-22-10-12-24-48(43)66-63-47-23-11-9-21-42(47)29-30-58(63)71(68(55)66)69(57)67(60)65/h3-30,32-38H,1-2,31,39H2. The molecule has 0 saturated carbocycles. The molecule has 0 amide bonds. The van der Waals surface area contributed by atoms with Crippen LogP contribution in [-0.4, -0.2) is 23.9 Å². The van der Waals surface area contributed by atoms with Crippen molar-refractivity contribution in [3.05, 3.63) is 229 Å². The van der Waals surface area contributed by atoms with E-state index in [1.807, 2.05) is 0 Å². The Balaban J connectivity index is 1.15. The molecule has 2 aliphatic rings. The zero-order chi connectivity index (χ0) is 48.8. The van der Waals surface area contributed by atoms with Gasteiger partial charge < -0.3 is 13.8 Å². The van der Waals surface area contributed by atoms with E-state index in [-0.39, 0.29) is 6.85 Å². The molecular weight excluding hydrogens is 934 g/mol. The monoisotopic (exact) mass is 976 g/mol. The summed E-state index contributed by atoms with van der Waals surface area (Å²) < 4.78 is 9.85. The van der Waals surface area contributed by atoms with E-state index in [9.17, 15) is 0 Å². The Labute approximate surface area is 431 Å². The fourth-order valence-electron chi connectivity index (χ4n) is 13.3. The van der Waals surface area contributed by atoms with Gasteiger partial charge in [-0.15, -0.1) is 8.20 Å². The maximum atomic E-state index is 7.11. The molecule has 2 aromatic heterocycles. The molecule has 16 rings (SSSR count). The van der Waals surface area contributed by atoms with Crippen molar-refractivity contribution in [1.82, 2.24) is 4.48 Å². The Hall–Kier alpha value is -8.52. The first-order chi connectivity index (χ1) is 36.6. The molecule has 0 saturated heterocycles. The molecule has 0 fully saturated rings. The van der Waals surface area contributed by atoms with E-state index < -0.39 is 0 Å². The zero-order valence-electron chi connectivity index (χ0n) is 40.3. The number of benzene rings is 12. The Morgan fingerprint density at radius 3 is 1.95 bits per heavy atom. The highest BCUT2D eigenvalue weighted by atomic mass is 31.1. The molecule has 3 nitrogen and oxygen atoms in total. The normalized spacial score (nSPS) is 13.0. The maximum Gasteiger partial charge on any atom is 0.333 e. The Kier molecular flexibility index (Phi) is 9.08. The van der Waals surface area contributed by atoms with E-state index in [0.717, 1.165) is 78.9 Å². The van der Waals surface area contributed by atoms with Gasteiger partial charge in [0, 0.05) is 72.7 Å². The van der Waals surface area contributed by atoms with Crippen LogP contribution in [0.4, 0.5) is 17.1 Å². The van der Waals surface area contributed by atoms with Crippen molar-refractivity contribution in [2.75, 3.05) is 4.90 Å². The summed E-state index contributed by atoms with van der Waals surface area (Å²) >= 11 is 0. The molecule has 0 atom stereocenters. The van der Waals surface area contributed by atoms with Crippen molar-refractivity contribution in [3.8, 4) is 22.3 Å². The second-order valence-corrected chi connectivity index (χ2v) is 21.7. The molecule has 0 radical (unpaired) electrons. The largest absolute Gasteiger partial charge is 0.456 e. The third-order valence-electron chi connectivity index (χ3n) is 16.3. The molecule has 74 heavy (non-hydrogen) atoms. The number of hydrogen-bond acceptors (Lipinski definition) is 2. The third-order valence-corrected chi connectivity index (χ3v) is 17.4. The summed E-state index contributed by atoms with van der Waals surface area (Å²) in [6.07, 6.45) is 10.6. The van der Waals surface area contributed by atoms with E-state index in [1.165, 1.54) is 109 Å². The van der Waals surface area contributed by atoms with E-state index in [0.29, 0.717) is 0 Å². The van der Waals surface area contributed by atoms with Gasteiger partial charge in [-0.3, -0.25) is 0 Å². The molecule has 6 heteroatoms. The first-order valence-electron chi connectivity index (χ1n) is 25.4. The second-order valence-electron chi connectivity index (χ2n) is 20.1. The van der Waals surface area contributed by atoms with Gasteiger partial charge in [0.25, 0.3) is 0 Å². The average molecular weight is 977 g/mol. The van der Waals surface area contributed by atoms with Crippen LogP contribution in [0, 0.1) is 0 Å². The number of nitrogens with zero attached hydrogens (tertiary/aromatic N) is 2. The minimum atomic E-state index is -0.211. The molecule has 4 heterocycles. The molecule has 0 unspecified atom stereocenters. The second kappa shape index (κ2) is 16.0. The van der Waals surface area contributed by atoms with Crippen molar-refractivity contribution in [2.45, 2.75) is 12.6 Å².